The van der Waals surface area contributed by atoms with Crippen molar-refractivity contribution in [2.45, 2.75) is 16.2 Å². The van der Waals surface area contributed by atoms with Gasteiger partial charge in [-0.05, 0) is 36.4 Å². The number of carbonyl (C=O) groups is 2. The maximum absolute atomic E-state index is 12.5. The molecule has 32 heavy (non-hydrogen) atoms. The highest BCUT2D eigenvalue weighted by atomic mass is 32.2. The van der Waals surface area contributed by atoms with Gasteiger partial charge < -0.3 is 5.32 Å². The van der Waals surface area contributed by atoms with Gasteiger partial charge in [-0.3, -0.25) is 14.3 Å². The van der Waals surface area contributed by atoms with E-state index in [9.17, 15) is 26.4 Å². The number of aromatic nitrogens is 1. The lowest BCUT2D eigenvalue weighted by Crippen LogP contribution is -2.33. The van der Waals surface area contributed by atoms with Gasteiger partial charge in [-0.25, -0.2) is 26.1 Å². The molecule has 0 unspecified atom stereocenters. The lowest BCUT2D eigenvalue weighted by Gasteiger charge is -2.15. The van der Waals surface area contributed by atoms with E-state index in [1.165, 1.54) is 48.7 Å². The van der Waals surface area contributed by atoms with Crippen LogP contribution in [0.15, 0.2) is 69.9 Å². The Kier molecular flexibility index (Phi) is 5.71. The molecule has 1 aliphatic rings. The van der Waals surface area contributed by atoms with Gasteiger partial charge in [0.1, 0.15) is 4.90 Å². The van der Waals surface area contributed by atoms with Crippen LogP contribution < -0.4 is 10.0 Å². The van der Waals surface area contributed by atoms with Gasteiger partial charge >= 0.3 is 0 Å². The summed E-state index contributed by atoms with van der Waals surface area (Å²) in [4.78, 5) is 28.4. The zero-order valence-corrected chi connectivity index (χ0v) is 18.7. The number of rotatable bonds is 7. The van der Waals surface area contributed by atoms with Crippen LogP contribution in [0.4, 0.5) is 10.8 Å². The summed E-state index contributed by atoms with van der Waals surface area (Å²) in [6.07, 6.45) is 1.21. The number of anilines is 2. The molecule has 166 valence electrons. The van der Waals surface area contributed by atoms with Crippen molar-refractivity contribution in [3.8, 4) is 0 Å². The van der Waals surface area contributed by atoms with E-state index in [0.717, 1.165) is 11.3 Å². The van der Waals surface area contributed by atoms with Crippen molar-refractivity contribution in [2.24, 2.45) is 0 Å². The molecule has 0 radical (unpaired) electrons. The number of hydrogen-bond acceptors (Lipinski definition) is 8. The van der Waals surface area contributed by atoms with Crippen molar-refractivity contribution in [1.82, 2.24) is 9.29 Å². The Morgan fingerprint density at radius 3 is 2.47 bits per heavy atom. The van der Waals surface area contributed by atoms with Gasteiger partial charge in [-0.1, -0.05) is 12.1 Å². The highest BCUT2D eigenvalue weighted by Gasteiger charge is 2.40. The fourth-order valence-corrected chi connectivity index (χ4v) is 6.40. The molecule has 2 aromatic carbocycles. The molecule has 4 rings (SSSR count). The van der Waals surface area contributed by atoms with Crippen LogP contribution in [0, 0.1) is 0 Å². The lowest BCUT2D eigenvalue weighted by molar-refractivity contribution is -0.116. The minimum Gasteiger partial charge on any atom is -0.326 e. The summed E-state index contributed by atoms with van der Waals surface area (Å²) in [7, 11) is -7.80. The lowest BCUT2D eigenvalue weighted by atomic mass is 10.2. The summed E-state index contributed by atoms with van der Waals surface area (Å²) < 4.78 is 52.7. The predicted molar refractivity (Wildman–Crippen MR) is 117 cm³/mol. The van der Waals surface area contributed by atoms with E-state index in [1.54, 1.807) is 11.4 Å². The van der Waals surface area contributed by atoms with Crippen LogP contribution in [0.1, 0.15) is 16.8 Å². The maximum Gasteiger partial charge on any atom is 0.269 e. The van der Waals surface area contributed by atoms with E-state index in [2.05, 4.69) is 15.0 Å². The molecule has 0 fully saturated rings. The molecule has 0 aliphatic carbocycles. The van der Waals surface area contributed by atoms with Gasteiger partial charge in [0, 0.05) is 30.2 Å². The summed E-state index contributed by atoms with van der Waals surface area (Å²) in [5, 5.41) is 4.42. The number of fused-ring (bicyclic) bond motifs is 1. The molecule has 3 aromatic rings. The largest absolute Gasteiger partial charge is 0.326 e. The number of amides is 2. The number of nitrogens with one attached hydrogen (secondary N) is 2. The minimum absolute atomic E-state index is 0.0165. The normalized spacial score (nSPS) is 14.8. The van der Waals surface area contributed by atoms with Crippen molar-refractivity contribution in [1.29, 1.82) is 0 Å². The second kappa shape index (κ2) is 8.33. The topological polar surface area (TPSA) is 143 Å². The average Bonchev–Trinajstić information content (AvgIpc) is 3.32. The summed E-state index contributed by atoms with van der Waals surface area (Å²) in [5.41, 5.74) is 0.401. The molecule has 0 spiro atoms. The predicted octanol–water partition coefficient (Wildman–Crippen LogP) is 2.12. The van der Waals surface area contributed by atoms with E-state index >= 15 is 0 Å². The van der Waals surface area contributed by atoms with Crippen LogP contribution in [0.5, 0.6) is 0 Å². The summed E-state index contributed by atoms with van der Waals surface area (Å²) in [5.74, 6) is -1.20. The molecule has 2 amide bonds. The molecule has 1 aliphatic heterocycles. The summed E-state index contributed by atoms with van der Waals surface area (Å²) >= 11 is 1.14. The van der Waals surface area contributed by atoms with Crippen LogP contribution >= 0.6 is 11.3 Å². The van der Waals surface area contributed by atoms with E-state index in [0.29, 0.717) is 9.99 Å². The zero-order valence-electron chi connectivity index (χ0n) is 16.3. The van der Waals surface area contributed by atoms with Crippen molar-refractivity contribution in [2.75, 3.05) is 16.6 Å². The first-order chi connectivity index (χ1) is 15.2. The molecular formula is C19H16N4O6S3. The fourth-order valence-electron chi connectivity index (χ4n) is 3.04. The van der Waals surface area contributed by atoms with E-state index in [1.807, 2.05) is 0 Å². The Morgan fingerprint density at radius 1 is 1.09 bits per heavy atom. The maximum atomic E-state index is 12.5. The number of thiazole rings is 1. The van der Waals surface area contributed by atoms with Gasteiger partial charge in [-0.15, -0.1) is 11.3 Å². The van der Waals surface area contributed by atoms with Crippen LogP contribution in [0.2, 0.25) is 0 Å². The van der Waals surface area contributed by atoms with Crippen LogP contribution in [-0.2, 0) is 24.8 Å². The first-order valence-electron chi connectivity index (χ1n) is 9.17. The third-order valence-electron chi connectivity index (χ3n) is 4.56. The highest BCUT2D eigenvalue weighted by molar-refractivity contribution is 7.93. The molecule has 0 bridgehead atoms. The molecule has 1 aromatic heterocycles. The van der Waals surface area contributed by atoms with Gasteiger partial charge in [0.15, 0.2) is 5.13 Å². The first kappa shape index (κ1) is 21.9. The van der Waals surface area contributed by atoms with Gasteiger partial charge in [-0.2, -0.15) is 0 Å². The number of nitrogens with zero attached hydrogens (tertiary/aromatic N) is 2. The van der Waals surface area contributed by atoms with Gasteiger partial charge in [0.2, 0.25) is 5.91 Å². The Balaban J connectivity index is 1.37. The Morgan fingerprint density at radius 2 is 1.81 bits per heavy atom. The van der Waals surface area contributed by atoms with Gasteiger partial charge in [0.05, 0.1) is 10.5 Å². The van der Waals surface area contributed by atoms with E-state index in [-0.39, 0.29) is 33.5 Å². The number of sulfonamides is 2. The third-order valence-corrected chi connectivity index (χ3v) is 8.57. The van der Waals surface area contributed by atoms with E-state index < -0.39 is 31.9 Å². The quantitative estimate of drug-likeness (QED) is 0.514. The van der Waals surface area contributed by atoms with Crippen molar-refractivity contribution < 1.29 is 26.4 Å². The number of hydrogen-bond donors (Lipinski definition) is 2. The SMILES string of the molecule is O=C(CCN1C(=O)c2ccccc2S1(=O)=O)Nc1ccc(S(=O)(=O)Nc2nccs2)cc1. The van der Waals surface area contributed by atoms with Crippen LogP contribution in [-0.4, -0.2) is 44.5 Å². The summed E-state index contributed by atoms with van der Waals surface area (Å²) in [6, 6.07) is 11.3. The first-order valence-corrected chi connectivity index (χ1v) is 13.0. The second-order valence-corrected chi connectivity index (χ2v) is 11.1. The molecule has 0 saturated carbocycles. The average molecular weight is 493 g/mol. The molecule has 0 atom stereocenters. The van der Waals surface area contributed by atoms with Crippen molar-refractivity contribution in [3.63, 3.8) is 0 Å². The summed E-state index contributed by atoms with van der Waals surface area (Å²) in [6.45, 7) is -0.314. The standard InChI is InChI=1S/C19H16N4O6S3/c24-17(9-11-23-18(25)15-3-1-2-4-16(15)32(23,28)29)21-13-5-7-14(8-6-13)31(26,27)22-19-20-10-12-30-19/h1-8,10,12H,9,11H2,(H,20,22)(H,21,24). The molecular weight excluding hydrogens is 476 g/mol. The smallest absolute Gasteiger partial charge is 0.269 e. The van der Waals surface area contributed by atoms with E-state index in [4.69, 9.17) is 0 Å². The Labute approximate surface area is 188 Å². The van der Waals surface area contributed by atoms with Crippen LogP contribution in [0.3, 0.4) is 0 Å². The Hall–Kier alpha value is -3.29. The monoisotopic (exact) mass is 492 g/mol. The minimum atomic E-state index is -3.98. The fraction of sp³-hybridized carbons (Fsp3) is 0.105. The second-order valence-electron chi connectivity index (χ2n) is 6.64. The number of benzene rings is 2. The molecule has 10 nitrogen and oxygen atoms in total. The third kappa shape index (κ3) is 4.22. The molecule has 2 N–H and O–H groups in total. The molecule has 2 heterocycles. The Bertz CT molecular complexity index is 1390. The van der Waals surface area contributed by atoms with Crippen molar-refractivity contribution in [3.05, 3.63) is 65.7 Å². The highest BCUT2D eigenvalue weighted by Crippen LogP contribution is 2.30. The molecule has 13 heteroatoms. The van der Waals surface area contributed by atoms with Crippen molar-refractivity contribution >= 4 is 54.0 Å². The number of carbonyl (C=O) groups excluding carboxylic acids is 2. The van der Waals surface area contributed by atoms with Crippen LogP contribution in [0.25, 0.3) is 0 Å². The zero-order chi connectivity index (χ0) is 22.9. The molecule has 0 saturated heterocycles. The van der Waals surface area contributed by atoms with Gasteiger partial charge in [0.25, 0.3) is 26.0 Å².